The van der Waals surface area contributed by atoms with E-state index in [-0.39, 0.29) is 16.4 Å². The van der Waals surface area contributed by atoms with Gasteiger partial charge in [-0.15, -0.1) is 11.3 Å². The van der Waals surface area contributed by atoms with Crippen LogP contribution in [0.1, 0.15) is 32.4 Å². The molecule has 5 N–H and O–H groups in total. The van der Waals surface area contributed by atoms with E-state index >= 15 is 0 Å². The largest absolute Gasteiger partial charge is 0.508 e. The highest BCUT2D eigenvalue weighted by atomic mass is 32.1. The molecule has 0 fully saturated rings. The molecule has 37 heavy (non-hydrogen) atoms. The zero-order chi connectivity index (χ0) is 26.5. The number of fused-ring (bicyclic) bond motifs is 1. The van der Waals surface area contributed by atoms with Crippen LogP contribution >= 0.6 is 23.6 Å². The van der Waals surface area contributed by atoms with Crippen LogP contribution in [-0.2, 0) is 9.59 Å². The van der Waals surface area contributed by atoms with Gasteiger partial charge >= 0.3 is 0 Å². The van der Waals surface area contributed by atoms with Crippen molar-refractivity contribution in [2.45, 2.75) is 13.3 Å². The van der Waals surface area contributed by atoms with Crippen LogP contribution in [0.2, 0.25) is 0 Å². The van der Waals surface area contributed by atoms with Crippen molar-refractivity contribution in [1.82, 2.24) is 15.4 Å². The average molecular weight is 533 g/mol. The highest BCUT2D eigenvalue weighted by Crippen LogP contribution is 2.27. The predicted octanol–water partition coefficient (Wildman–Crippen LogP) is 3.07. The second kappa shape index (κ2) is 11.0. The van der Waals surface area contributed by atoms with Crippen LogP contribution in [0.3, 0.4) is 0 Å². The maximum Gasteiger partial charge on any atom is 0.292 e. The minimum Gasteiger partial charge on any atom is -0.508 e. The van der Waals surface area contributed by atoms with Gasteiger partial charge in [0.2, 0.25) is 5.78 Å². The first-order valence-corrected chi connectivity index (χ1v) is 12.1. The van der Waals surface area contributed by atoms with Crippen LogP contribution < -0.4 is 16.5 Å². The van der Waals surface area contributed by atoms with Gasteiger partial charge in [0.15, 0.2) is 5.01 Å². The van der Waals surface area contributed by atoms with Gasteiger partial charge in [-0.2, -0.15) is 5.10 Å². The lowest BCUT2D eigenvalue weighted by molar-refractivity contribution is -0.134. The summed E-state index contributed by atoms with van der Waals surface area (Å²) in [6.45, 7) is 1.68. The fraction of sp³-hybridized carbons (Fsp3) is 0.0800. The van der Waals surface area contributed by atoms with Crippen LogP contribution in [0, 0.1) is 6.92 Å². The molecule has 0 spiro atoms. The number of carbonyl (C=O) groups is 3. The van der Waals surface area contributed by atoms with Crippen molar-refractivity contribution >= 4 is 68.3 Å². The number of carbonyl (C=O) groups excluding carboxylic acids is 3. The number of rotatable bonds is 8. The van der Waals surface area contributed by atoms with Gasteiger partial charge < -0.3 is 16.2 Å². The lowest BCUT2D eigenvalue weighted by Gasteiger charge is -2.10. The van der Waals surface area contributed by atoms with Crippen molar-refractivity contribution in [1.29, 1.82) is 0 Å². The Bertz CT molecular complexity index is 1570. The Labute approximate surface area is 220 Å². The van der Waals surface area contributed by atoms with Gasteiger partial charge in [-0.3, -0.25) is 19.4 Å². The van der Waals surface area contributed by atoms with E-state index in [0.717, 1.165) is 16.7 Å². The molecule has 0 radical (unpaired) electrons. The number of hydrogen-bond donors (Lipinski definition) is 4. The van der Waals surface area contributed by atoms with Gasteiger partial charge in [0.05, 0.1) is 22.7 Å². The molecule has 2 aromatic heterocycles. The maximum atomic E-state index is 13.0. The summed E-state index contributed by atoms with van der Waals surface area (Å²) in [5, 5.41) is 18.3. The van der Waals surface area contributed by atoms with Crippen molar-refractivity contribution in [2.75, 3.05) is 5.32 Å². The molecular weight excluding hydrogens is 512 g/mol. The number of aromatic nitrogens is 2. The third-order valence-electron chi connectivity index (χ3n) is 5.20. The molecule has 10 nitrogen and oxygen atoms in total. The molecule has 0 saturated carbocycles. The molecule has 0 bridgehead atoms. The molecule has 2 amide bonds. The highest BCUT2D eigenvalue weighted by molar-refractivity contribution is 7.81. The number of Topliss-reactive ketones (excluding diaryl/α,β-unsaturated/α-hetero) is 1. The first-order valence-electron chi connectivity index (χ1n) is 10.8. The second-order valence-corrected chi connectivity index (χ2v) is 9.24. The van der Waals surface area contributed by atoms with Crippen molar-refractivity contribution in [3.63, 3.8) is 0 Å². The number of nitrogens with two attached hydrogens (primary N) is 1. The third-order valence-corrected chi connectivity index (χ3v) is 6.76. The number of thiocarbonyl (C=S) groups is 1. The molecule has 0 atom stereocenters. The summed E-state index contributed by atoms with van der Waals surface area (Å²) in [6.07, 6.45) is 2.49. The number of ketones is 1. The number of hydrazone groups is 1. The summed E-state index contributed by atoms with van der Waals surface area (Å²) in [5.74, 6) is -2.20. The third kappa shape index (κ3) is 6.00. The van der Waals surface area contributed by atoms with E-state index in [1.54, 1.807) is 25.1 Å². The van der Waals surface area contributed by atoms with Gasteiger partial charge in [0, 0.05) is 29.0 Å². The Hall–Kier alpha value is -4.55. The Kier molecular flexibility index (Phi) is 7.60. The number of pyridine rings is 1. The molecule has 0 unspecified atom stereocenters. The fourth-order valence-corrected chi connectivity index (χ4v) is 4.50. The van der Waals surface area contributed by atoms with Crippen LogP contribution in [0.5, 0.6) is 5.75 Å². The van der Waals surface area contributed by atoms with E-state index in [4.69, 9.17) is 18.0 Å². The summed E-state index contributed by atoms with van der Waals surface area (Å²) in [5.41, 5.74) is 9.40. The first kappa shape index (κ1) is 25.5. The van der Waals surface area contributed by atoms with Crippen molar-refractivity contribution in [3.05, 3.63) is 82.1 Å². The van der Waals surface area contributed by atoms with Gasteiger partial charge in [-0.05, 0) is 42.6 Å². The number of phenols is 1. The number of aromatic hydroxyl groups is 1. The number of phenolic OH excluding ortho intramolecular Hbond substituents is 1. The van der Waals surface area contributed by atoms with Gasteiger partial charge in [0.25, 0.3) is 11.8 Å². The van der Waals surface area contributed by atoms with Gasteiger partial charge in [-0.25, -0.2) is 10.4 Å². The van der Waals surface area contributed by atoms with E-state index in [0.29, 0.717) is 32.2 Å². The summed E-state index contributed by atoms with van der Waals surface area (Å²) >= 11 is 6.11. The lowest BCUT2D eigenvalue weighted by atomic mass is 10.1. The molecule has 0 aliphatic heterocycles. The molecular formula is C25H20N6O4S2. The summed E-state index contributed by atoms with van der Waals surface area (Å²) in [7, 11) is 0. The van der Waals surface area contributed by atoms with Crippen molar-refractivity contribution in [3.8, 4) is 5.75 Å². The standard InChI is InChI=1S/C25H20N6O4S2/c1-13-21(37-25(28-13)22(26)36)19(30-31-23(34)15-7-9-27-10-8-15)12-20(33)24(35)29-18-4-2-3-14-5-6-16(32)11-17(14)18/h2-11,32H,12H2,1H3,(H2,26,36)(H,29,35)(H,31,34)/b30-19+. The molecule has 0 aliphatic rings. The highest BCUT2D eigenvalue weighted by Gasteiger charge is 2.23. The summed E-state index contributed by atoms with van der Waals surface area (Å²) in [6, 6.07) is 12.9. The van der Waals surface area contributed by atoms with Crippen molar-refractivity contribution < 1.29 is 19.5 Å². The zero-order valence-electron chi connectivity index (χ0n) is 19.4. The van der Waals surface area contributed by atoms with Crippen molar-refractivity contribution in [2.24, 2.45) is 10.8 Å². The minimum atomic E-state index is -0.888. The van der Waals surface area contributed by atoms with Crippen LogP contribution in [0.15, 0.2) is 66.0 Å². The number of nitrogens with one attached hydrogen (secondary N) is 2. The predicted molar refractivity (Wildman–Crippen MR) is 145 cm³/mol. The van der Waals surface area contributed by atoms with Crippen LogP contribution in [0.25, 0.3) is 10.8 Å². The molecule has 4 rings (SSSR count). The number of hydrogen-bond acceptors (Lipinski definition) is 9. The van der Waals surface area contributed by atoms with Crippen LogP contribution in [-0.4, -0.2) is 43.4 Å². The van der Waals surface area contributed by atoms with Gasteiger partial charge in [-0.1, -0.05) is 30.4 Å². The minimum absolute atomic E-state index is 0.0224. The van der Waals surface area contributed by atoms with E-state index in [9.17, 15) is 19.5 Å². The number of nitrogens with zero attached hydrogens (tertiary/aromatic N) is 3. The molecule has 12 heteroatoms. The molecule has 2 heterocycles. The average Bonchev–Trinajstić information content (AvgIpc) is 3.28. The number of benzene rings is 2. The van der Waals surface area contributed by atoms with E-state index in [1.807, 2.05) is 6.07 Å². The number of aryl methyl sites for hydroxylation is 1. The molecule has 0 aliphatic carbocycles. The zero-order valence-corrected chi connectivity index (χ0v) is 21.0. The topological polar surface area (TPSA) is 160 Å². The Morgan fingerprint density at radius 1 is 1.14 bits per heavy atom. The Balaban J connectivity index is 1.60. The lowest BCUT2D eigenvalue weighted by Crippen LogP contribution is -2.27. The fourth-order valence-electron chi connectivity index (χ4n) is 3.42. The molecule has 4 aromatic rings. The number of amides is 2. The number of thiazole rings is 1. The smallest absolute Gasteiger partial charge is 0.292 e. The van der Waals surface area contributed by atoms with E-state index in [1.165, 1.54) is 36.7 Å². The van der Waals surface area contributed by atoms with E-state index in [2.05, 4.69) is 25.8 Å². The maximum absolute atomic E-state index is 13.0. The summed E-state index contributed by atoms with van der Waals surface area (Å²) in [4.78, 5) is 47.0. The van der Waals surface area contributed by atoms with Crippen LogP contribution in [0.4, 0.5) is 5.69 Å². The molecule has 0 saturated heterocycles. The van der Waals surface area contributed by atoms with Gasteiger partial charge in [0.1, 0.15) is 10.7 Å². The summed E-state index contributed by atoms with van der Waals surface area (Å²) < 4.78 is 0. The quantitative estimate of drug-likeness (QED) is 0.117. The second-order valence-electron chi connectivity index (χ2n) is 7.80. The molecule has 186 valence electrons. The number of anilines is 1. The molecule has 2 aromatic carbocycles. The van der Waals surface area contributed by atoms with E-state index < -0.39 is 24.0 Å². The normalized spacial score (nSPS) is 11.2. The first-order chi connectivity index (χ1) is 17.7. The SMILES string of the molecule is Cc1nc(C(N)=S)sc1/C(CC(=O)C(=O)Nc1cccc2ccc(O)cc12)=N/NC(=O)c1ccncc1. The Morgan fingerprint density at radius 2 is 1.89 bits per heavy atom. The Morgan fingerprint density at radius 3 is 2.59 bits per heavy atom. The monoisotopic (exact) mass is 532 g/mol.